The van der Waals surface area contributed by atoms with Gasteiger partial charge in [-0.05, 0) is 13.8 Å². The van der Waals surface area contributed by atoms with Gasteiger partial charge in [0.25, 0.3) is 0 Å². The normalized spacial score (nSPS) is 13.2. The fourth-order valence-electron chi connectivity index (χ4n) is 1.06. The van der Waals surface area contributed by atoms with E-state index in [0.29, 0.717) is 6.04 Å². The zero-order valence-electron chi connectivity index (χ0n) is 8.33. The maximum absolute atomic E-state index is 4.96. The molecule has 1 aromatic heterocycles. The van der Waals surface area contributed by atoms with Crippen LogP contribution in [0.2, 0.25) is 0 Å². The third kappa shape index (κ3) is 3.42. The van der Waals surface area contributed by atoms with Crippen molar-refractivity contribution in [3.63, 3.8) is 0 Å². The minimum atomic E-state index is 0.376. The Hall–Kier alpha value is -0.450. The van der Waals surface area contributed by atoms with Crippen LogP contribution in [0.3, 0.4) is 0 Å². The summed E-state index contributed by atoms with van der Waals surface area (Å²) in [5.41, 5.74) is 0. The van der Waals surface area contributed by atoms with Crippen molar-refractivity contribution in [2.45, 2.75) is 19.9 Å². The van der Waals surface area contributed by atoms with Gasteiger partial charge in [0, 0.05) is 30.8 Å². The van der Waals surface area contributed by atoms with Crippen molar-refractivity contribution < 1.29 is 4.74 Å². The molecule has 1 unspecified atom stereocenters. The molecule has 1 rings (SSSR count). The summed E-state index contributed by atoms with van der Waals surface area (Å²) in [6.45, 7) is 5.80. The lowest BCUT2D eigenvalue weighted by Gasteiger charge is -2.10. The SMILES string of the molecule is COCCNC(C)c1cnc(C)s1. The molecule has 0 aliphatic heterocycles. The minimum absolute atomic E-state index is 0.376. The Morgan fingerprint density at radius 2 is 2.46 bits per heavy atom. The molecule has 13 heavy (non-hydrogen) atoms. The second kappa shape index (κ2) is 5.32. The predicted octanol–water partition coefficient (Wildman–Crippen LogP) is 1.75. The number of methoxy groups -OCH3 is 1. The molecular formula is C9H16N2OS. The first-order chi connectivity index (χ1) is 6.24. The van der Waals surface area contributed by atoms with Crippen LogP contribution in [-0.2, 0) is 4.74 Å². The molecule has 0 fully saturated rings. The van der Waals surface area contributed by atoms with E-state index in [0.717, 1.165) is 18.2 Å². The van der Waals surface area contributed by atoms with Crippen LogP contribution < -0.4 is 5.32 Å². The summed E-state index contributed by atoms with van der Waals surface area (Å²) in [7, 11) is 1.71. The van der Waals surface area contributed by atoms with Gasteiger partial charge in [0.05, 0.1) is 11.6 Å². The molecule has 0 amide bonds. The number of aryl methyl sites for hydroxylation is 1. The molecule has 0 saturated heterocycles. The van der Waals surface area contributed by atoms with Crippen molar-refractivity contribution in [1.82, 2.24) is 10.3 Å². The average molecular weight is 200 g/mol. The number of nitrogens with one attached hydrogen (secondary N) is 1. The Morgan fingerprint density at radius 3 is 3.00 bits per heavy atom. The summed E-state index contributed by atoms with van der Waals surface area (Å²) in [5.74, 6) is 0. The molecule has 0 spiro atoms. The van der Waals surface area contributed by atoms with Gasteiger partial charge < -0.3 is 10.1 Å². The Morgan fingerprint density at radius 1 is 1.69 bits per heavy atom. The van der Waals surface area contributed by atoms with Crippen LogP contribution in [0.25, 0.3) is 0 Å². The van der Waals surface area contributed by atoms with Crippen LogP contribution in [0.5, 0.6) is 0 Å². The summed E-state index contributed by atoms with van der Waals surface area (Å²) >= 11 is 1.74. The van der Waals surface area contributed by atoms with Crippen LogP contribution in [0, 0.1) is 6.92 Å². The second-order valence-corrected chi connectivity index (χ2v) is 4.22. The lowest BCUT2D eigenvalue weighted by Crippen LogP contribution is -2.22. The van der Waals surface area contributed by atoms with E-state index in [1.807, 2.05) is 13.1 Å². The zero-order chi connectivity index (χ0) is 9.68. The molecule has 0 saturated carbocycles. The van der Waals surface area contributed by atoms with Crippen molar-refractivity contribution in [2.75, 3.05) is 20.3 Å². The van der Waals surface area contributed by atoms with E-state index in [-0.39, 0.29) is 0 Å². The van der Waals surface area contributed by atoms with Gasteiger partial charge in [-0.3, -0.25) is 0 Å². The van der Waals surface area contributed by atoms with Crippen molar-refractivity contribution in [3.8, 4) is 0 Å². The predicted molar refractivity (Wildman–Crippen MR) is 55.1 cm³/mol. The molecule has 1 N–H and O–H groups in total. The fraction of sp³-hybridized carbons (Fsp3) is 0.667. The molecule has 0 radical (unpaired) electrons. The van der Waals surface area contributed by atoms with Gasteiger partial charge in [-0.2, -0.15) is 0 Å². The average Bonchev–Trinajstić information content (AvgIpc) is 2.52. The number of aromatic nitrogens is 1. The molecular weight excluding hydrogens is 184 g/mol. The number of hydrogen-bond donors (Lipinski definition) is 1. The molecule has 1 heterocycles. The maximum Gasteiger partial charge on any atom is 0.0897 e. The lowest BCUT2D eigenvalue weighted by molar-refractivity contribution is 0.196. The molecule has 0 aromatic carbocycles. The Labute approximate surface area is 83.1 Å². The summed E-state index contributed by atoms with van der Waals surface area (Å²) in [4.78, 5) is 5.50. The topological polar surface area (TPSA) is 34.1 Å². The van der Waals surface area contributed by atoms with E-state index in [4.69, 9.17) is 4.74 Å². The largest absolute Gasteiger partial charge is 0.383 e. The van der Waals surface area contributed by atoms with Gasteiger partial charge in [-0.1, -0.05) is 0 Å². The number of nitrogens with zero attached hydrogens (tertiary/aromatic N) is 1. The number of hydrogen-bond acceptors (Lipinski definition) is 4. The van der Waals surface area contributed by atoms with E-state index < -0.39 is 0 Å². The minimum Gasteiger partial charge on any atom is -0.383 e. The molecule has 0 bridgehead atoms. The highest BCUT2D eigenvalue weighted by atomic mass is 32.1. The first-order valence-corrected chi connectivity index (χ1v) is 5.20. The third-order valence-electron chi connectivity index (χ3n) is 1.82. The van der Waals surface area contributed by atoms with Crippen molar-refractivity contribution >= 4 is 11.3 Å². The first kappa shape index (κ1) is 10.6. The Balaban J connectivity index is 2.35. The fourth-order valence-corrected chi connectivity index (χ4v) is 1.87. The first-order valence-electron chi connectivity index (χ1n) is 4.38. The third-order valence-corrected chi connectivity index (χ3v) is 2.92. The van der Waals surface area contributed by atoms with E-state index in [2.05, 4.69) is 17.2 Å². The highest BCUT2D eigenvalue weighted by Gasteiger charge is 2.06. The van der Waals surface area contributed by atoms with Crippen molar-refractivity contribution in [1.29, 1.82) is 0 Å². The smallest absolute Gasteiger partial charge is 0.0897 e. The molecule has 74 valence electrons. The lowest BCUT2D eigenvalue weighted by atomic mass is 10.3. The molecule has 3 nitrogen and oxygen atoms in total. The van der Waals surface area contributed by atoms with E-state index >= 15 is 0 Å². The zero-order valence-corrected chi connectivity index (χ0v) is 9.15. The van der Waals surface area contributed by atoms with Gasteiger partial charge in [0.2, 0.25) is 0 Å². The number of rotatable bonds is 5. The van der Waals surface area contributed by atoms with Crippen LogP contribution in [0.4, 0.5) is 0 Å². The summed E-state index contributed by atoms with van der Waals surface area (Å²) in [6.07, 6.45) is 1.93. The standard InChI is InChI=1S/C9H16N2OS/c1-7(10-4-5-12-3)9-6-11-8(2)13-9/h6-7,10H,4-5H2,1-3H3. The van der Waals surface area contributed by atoms with Crippen molar-refractivity contribution in [2.24, 2.45) is 0 Å². The van der Waals surface area contributed by atoms with Gasteiger partial charge in [-0.15, -0.1) is 11.3 Å². The molecule has 0 aliphatic rings. The second-order valence-electron chi connectivity index (χ2n) is 2.95. The van der Waals surface area contributed by atoms with E-state index in [1.165, 1.54) is 4.88 Å². The summed E-state index contributed by atoms with van der Waals surface area (Å²) in [5, 5.41) is 4.48. The van der Waals surface area contributed by atoms with Crippen LogP contribution in [0.15, 0.2) is 6.20 Å². The maximum atomic E-state index is 4.96. The van der Waals surface area contributed by atoms with Crippen LogP contribution in [0.1, 0.15) is 22.9 Å². The van der Waals surface area contributed by atoms with Gasteiger partial charge >= 0.3 is 0 Å². The van der Waals surface area contributed by atoms with E-state index in [1.54, 1.807) is 18.4 Å². The number of thiazole rings is 1. The van der Waals surface area contributed by atoms with Crippen LogP contribution >= 0.6 is 11.3 Å². The van der Waals surface area contributed by atoms with Gasteiger partial charge in [0.15, 0.2) is 0 Å². The number of ether oxygens (including phenoxy) is 1. The van der Waals surface area contributed by atoms with Crippen LogP contribution in [-0.4, -0.2) is 25.2 Å². The highest BCUT2D eigenvalue weighted by Crippen LogP contribution is 2.19. The van der Waals surface area contributed by atoms with Gasteiger partial charge in [0.1, 0.15) is 0 Å². The molecule has 1 aromatic rings. The molecule has 0 aliphatic carbocycles. The summed E-state index contributed by atoms with van der Waals surface area (Å²) in [6, 6.07) is 0.376. The Kier molecular flexibility index (Phi) is 4.35. The van der Waals surface area contributed by atoms with Crippen molar-refractivity contribution in [3.05, 3.63) is 16.1 Å². The molecule has 4 heteroatoms. The summed E-state index contributed by atoms with van der Waals surface area (Å²) < 4.78 is 4.96. The Bertz CT molecular complexity index is 250. The van der Waals surface area contributed by atoms with Gasteiger partial charge in [-0.25, -0.2) is 4.98 Å². The quantitative estimate of drug-likeness (QED) is 0.735. The van der Waals surface area contributed by atoms with E-state index in [9.17, 15) is 0 Å². The monoisotopic (exact) mass is 200 g/mol. The highest BCUT2D eigenvalue weighted by molar-refractivity contribution is 7.11. The molecule has 1 atom stereocenters.